The molecule has 0 N–H and O–H groups in total. The lowest BCUT2D eigenvalue weighted by molar-refractivity contribution is 0.340. The number of hydrogen-bond acceptors (Lipinski definition) is 6. The van der Waals surface area contributed by atoms with Crippen LogP contribution in [0.1, 0.15) is 18.1 Å². The Balaban J connectivity index is 1.48. The van der Waals surface area contributed by atoms with Gasteiger partial charge in [0.2, 0.25) is 4.96 Å². The summed E-state index contributed by atoms with van der Waals surface area (Å²) in [7, 11) is 0. The summed E-state index contributed by atoms with van der Waals surface area (Å²) in [6.07, 6.45) is 3.82. The predicted molar refractivity (Wildman–Crippen MR) is 154 cm³/mol. The van der Waals surface area contributed by atoms with Crippen LogP contribution in [0.4, 0.5) is 0 Å². The molecule has 0 atom stereocenters. The lowest BCUT2D eigenvalue weighted by Gasteiger charge is -2.08. The van der Waals surface area contributed by atoms with Crippen molar-refractivity contribution >= 4 is 38.3 Å². The van der Waals surface area contributed by atoms with Gasteiger partial charge in [-0.15, -0.1) is 5.10 Å². The minimum absolute atomic E-state index is 0.206. The molecule has 0 amide bonds. The normalized spacial score (nSPS) is 11.9. The molecule has 0 unspecified atom stereocenters. The van der Waals surface area contributed by atoms with E-state index in [0.29, 0.717) is 21.9 Å². The van der Waals surface area contributed by atoms with Gasteiger partial charge in [-0.05, 0) is 68.0 Å². The molecule has 188 valence electrons. The Hall–Kier alpha value is -4.08. The molecule has 3 aromatic heterocycles. The standard InChI is InChI=1S/C29H22BrN5O2S/c1-3-37-23-13-14-24(18(2)15-23)26-20(17-34(32-26)22-7-5-4-6-8-22)16-25-28(36)35-29(38-25)31-27(33-35)19-9-11-21(30)12-10-19/h4-17H,3H2,1-2H3/b25-16-. The Morgan fingerprint density at radius 1 is 1.03 bits per heavy atom. The SMILES string of the molecule is CCOc1ccc(-c2nn(-c3ccccc3)cc2/C=c2\sc3nc(-c4ccc(Br)cc4)nn3c2=O)c(C)c1. The molecule has 0 fully saturated rings. The molecule has 0 aliphatic heterocycles. The van der Waals surface area contributed by atoms with Gasteiger partial charge < -0.3 is 4.74 Å². The summed E-state index contributed by atoms with van der Waals surface area (Å²) in [5.74, 6) is 1.34. The molecule has 0 saturated heterocycles. The van der Waals surface area contributed by atoms with Gasteiger partial charge in [0.25, 0.3) is 5.56 Å². The first-order valence-electron chi connectivity index (χ1n) is 12.1. The second-order valence-electron chi connectivity index (χ2n) is 8.68. The van der Waals surface area contributed by atoms with Crippen molar-refractivity contribution in [2.75, 3.05) is 6.61 Å². The maximum atomic E-state index is 13.3. The first kappa shape index (κ1) is 24.3. The number of benzene rings is 3. The molecule has 3 heterocycles. The topological polar surface area (TPSA) is 74.3 Å². The third-order valence-corrected chi connectivity index (χ3v) is 7.59. The molecule has 0 aliphatic rings. The van der Waals surface area contributed by atoms with Crippen LogP contribution in [0.3, 0.4) is 0 Å². The van der Waals surface area contributed by atoms with Gasteiger partial charge in [-0.3, -0.25) is 4.79 Å². The molecular weight excluding hydrogens is 562 g/mol. The van der Waals surface area contributed by atoms with Crippen molar-refractivity contribution in [3.63, 3.8) is 0 Å². The van der Waals surface area contributed by atoms with Gasteiger partial charge in [-0.2, -0.15) is 14.6 Å². The van der Waals surface area contributed by atoms with Crippen molar-refractivity contribution < 1.29 is 4.74 Å². The molecule has 6 rings (SSSR count). The van der Waals surface area contributed by atoms with Gasteiger partial charge in [-0.25, -0.2) is 4.68 Å². The number of aryl methyl sites for hydroxylation is 1. The highest BCUT2D eigenvalue weighted by molar-refractivity contribution is 9.10. The second kappa shape index (κ2) is 10.00. The molecule has 0 aliphatic carbocycles. The number of ether oxygens (including phenoxy) is 1. The van der Waals surface area contributed by atoms with Crippen LogP contribution in [0.2, 0.25) is 0 Å². The van der Waals surface area contributed by atoms with Crippen LogP contribution < -0.4 is 14.8 Å². The minimum atomic E-state index is -0.206. The molecule has 0 spiro atoms. The molecule has 6 aromatic rings. The van der Waals surface area contributed by atoms with Gasteiger partial charge in [0.1, 0.15) is 11.4 Å². The monoisotopic (exact) mass is 583 g/mol. The van der Waals surface area contributed by atoms with Gasteiger partial charge >= 0.3 is 0 Å². The highest BCUT2D eigenvalue weighted by atomic mass is 79.9. The van der Waals surface area contributed by atoms with E-state index >= 15 is 0 Å². The quantitative estimate of drug-likeness (QED) is 0.252. The van der Waals surface area contributed by atoms with Crippen molar-refractivity contribution in [2.24, 2.45) is 0 Å². The Morgan fingerprint density at radius 3 is 2.53 bits per heavy atom. The Labute approximate surface area is 230 Å². The maximum absolute atomic E-state index is 13.3. The van der Waals surface area contributed by atoms with Gasteiger partial charge in [0.05, 0.1) is 16.8 Å². The van der Waals surface area contributed by atoms with Crippen LogP contribution in [0.25, 0.3) is 39.4 Å². The highest BCUT2D eigenvalue weighted by Crippen LogP contribution is 2.30. The Bertz CT molecular complexity index is 1870. The van der Waals surface area contributed by atoms with Crippen LogP contribution in [0.5, 0.6) is 5.75 Å². The van der Waals surface area contributed by atoms with Crippen molar-refractivity contribution in [3.8, 4) is 34.1 Å². The molecule has 9 heteroatoms. The molecule has 7 nitrogen and oxygen atoms in total. The van der Waals surface area contributed by atoms with Crippen LogP contribution in [-0.2, 0) is 0 Å². The first-order chi connectivity index (χ1) is 18.5. The number of para-hydroxylation sites is 1. The van der Waals surface area contributed by atoms with Gasteiger partial charge in [0.15, 0.2) is 5.82 Å². The summed E-state index contributed by atoms with van der Waals surface area (Å²) in [6.45, 7) is 4.60. The number of nitrogens with zero attached hydrogens (tertiary/aromatic N) is 5. The molecule has 0 saturated carbocycles. The minimum Gasteiger partial charge on any atom is -0.494 e. The zero-order valence-electron chi connectivity index (χ0n) is 20.6. The van der Waals surface area contributed by atoms with Crippen molar-refractivity contribution in [3.05, 3.63) is 109 Å². The van der Waals surface area contributed by atoms with Crippen LogP contribution in [0, 0.1) is 6.92 Å². The summed E-state index contributed by atoms with van der Waals surface area (Å²) >= 11 is 4.76. The van der Waals surface area contributed by atoms with Crippen LogP contribution in [0.15, 0.2) is 88.3 Å². The third kappa shape index (κ3) is 4.55. The Morgan fingerprint density at radius 2 is 1.82 bits per heavy atom. The van der Waals surface area contributed by atoms with Crippen LogP contribution in [-0.4, -0.2) is 31.0 Å². The third-order valence-electron chi connectivity index (χ3n) is 6.10. The second-order valence-corrected chi connectivity index (χ2v) is 10.6. The summed E-state index contributed by atoms with van der Waals surface area (Å²) in [6, 6.07) is 23.6. The van der Waals surface area contributed by atoms with Gasteiger partial charge in [-0.1, -0.05) is 57.6 Å². The number of aromatic nitrogens is 5. The van der Waals surface area contributed by atoms with Crippen LogP contribution >= 0.6 is 27.3 Å². The van der Waals surface area contributed by atoms with E-state index in [2.05, 4.69) is 26.0 Å². The van der Waals surface area contributed by atoms with E-state index in [9.17, 15) is 4.79 Å². The lowest BCUT2D eigenvalue weighted by atomic mass is 10.0. The predicted octanol–water partition coefficient (Wildman–Crippen LogP) is 5.69. The molecular formula is C29H22BrN5O2S. The number of rotatable bonds is 6. The van der Waals surface area contributed by atoms with E-state index in [1.807, 2.05) is 104 Å². The van der Waals surface area contributed by atoms with E-state index in [1.54, 1.807) is 0 Å². The lowest BCUT2D eigenvalue weighted by Crippen LogP contribution is -2.23. The molecule has 38 heavy (non-hydrogen) atoms. The van der Waals surface area contributed by atoms with Crippen molar-refractivity contribution in [1.29, 1.82) is 0 Å². The van der Waals surface area contributed by atoms with E-state index in [-0.39, 0.29) is 5.56 Å². The average Bonchev–Trinajstić information content (AvgIpc) is 3.61. The van der Waals surface area contributed by atoms with E-state index in [4.69, 9.17) is 9.84 Å². The fourth-order valence-electron chi connectivity index (χ4n) is 4.27. The Kier molecular flexibility index (Phi) is 6.39. The molecule has 0 bridgehead atoms. The fraction of sp³-hybridized carbons (Fsp3) is 0.103. The fourth-order valence-corrected chi connectivity index (χ4v) is 5.43. The molecule has 3 aromatic carbocycles. The summed E-state index contributed by atoms with van der Waals surface area (Å²) in [4.78, 5) is 18.5. The molecule has 0 radical (unpaired) electrons. The van der Waals surface area contributed by atoms with E-state index in [1.165, 1.54) is 15.9 Å². The number of hydrogen-bond donors (Lipinski definition) is 0. The first-order valence-corrected chi connectivity index (χ1v) is 13.7. The number of fused-ring (bicyclic) bond motifs is 1. The van der Waals surface area contributed by atoms with E-state index < -0.39 is 0 Å². The van der Waals surface area contributed by atoms with Gasteiger partial charge in [0, 0.05) is 27.4 Å². The van der Waals surface area contributed by atoms with Crippen molar-refractivity contribution in [1.82, 2.24) is 24.4 Å². The number of thiazole rings is 1. The highest BCUT2D eigenvalue weighted by Gasteiger charge is 2.16. The zero-order chi connectivity index (χ0) is 26.2. The zero-order valence-corrected chi connectivity index (χ0v) is 23.0. The summed E-state index contributed by atoms with van der Waals surface area (Å²) in [5, 5.41) is 9.40. The number of halogens is 1. The smallest absolute Gasteiger partial charge is 0.291 e. The largest absolute Gasteiger partial charge is 0.494 e. The van der Waals surface area contributed by atoms with Crippen molar-refractivity contribution in [2.45, 2.75) is 13.8 Å². The summed E-state index contributed by atoms with van der Waals surface area (Å²) in [5.41, 5.74) is 5.20. The van der Waals surface area contributed by atoms with E-state index in [0.717, 1.165) is 43.9 Å². The summed E-state index contributed by atoms with van der Waals surface area (Å²) < 4.78 is 10.4. The average molecular weight is 584 g/mol. The maximum Gasteiger partial charge on any atom is 0.291 e.